The number of carbonyl (C=O) groups excluding carboxylic acids is 1. The Morgan fingerprint density at radius 1 is 1.12 bits per heavy atom. The number of amides is 1. The third-order valence-electron chi connectivity index (χ3n) is 4.31. The van der Waals surface area contributed by atoms with Gasteiger partial charge in [-0.3, -0.25) is 9.69 Å². The summed E-state index contributed by atoms with van der Waals surface area (Å²) in [7, 11) is 1.95. The minimum absolute atomic E-state index is 0.00140. The molecule has 0 aliphatic heterocycles. The molecule has 4 heteroatoms. The van der Waals surface area contributed by atoms with Crippen LogP contribution < -0.4 is 5.32 Å². The van der Waals surface area contributed by atoms with Gasteiger partial charge >= 0.3 is 0 Å². The van der Waals surface area contributed by atoms with E-state index >= 15 is 0 Å². The van der Waals surface area contributed by atoms with E-state index in [1.807, 2.05) is 57.0 Å². The Labute approximate surface area is 149 Å². The number of hydrogen-bond acceptors (Lipinski definition) is 2. The lowest BCUT2D eigenvalue weighted by Gasteiger charge is -2.25. The third-order valence-corrected chi connectivity index (χ3v) is 4.56. The van der Waals surface area contributed by atoms with Gasteiger partial charge in [-0.25, -0.2) is 0 Å². The summed E-state index contributed by atoms with van der Waals surface area (Å²) in [4.78, 5) is 14.6. The molecule has 0 spiro atoms. The van der Waals surface area contributed by atoms with Gasteiger partial charge in [0.1, 0.15) is 0 Å². The maximum absolute atomic E-state index is 12.6. The minimum Gasteiger partial charge on any atom is -0.324 e. The highest BCUT2D eigenvalue weighted by atomic mass is 35.5. The first kappa shape index (κ1) is 18.5. The maximum Gasteiger partial charge on any atom is 0.241 e. The van der Waals surface area contributed by atoms with Crippen LogP contribution in [-0.4, -0.2) is 23.9 Å². The Morgan fingerprint density at radius 3 is 2.21 bits per heavy atom. The lowest BCUT2D eigenvalue weighted by Crippen LogP contribution is -2.39. The highest BCUT2D eigenvalue weighted by Crippen LogP contribution is 2.22. The molecule has 0 aromatic heterocycles. The molecule has 0 bridgehead atoms. The topological polar surface area (TPSA) is 32.3 Å². The predicted molar refractivity (Wildman–Crippen MR) is 102 cm³/mol. The lowest BCUT2D eigenvalue weighted by molar-refractivity contribution is -0.120. The molecule has 0 aliphatic rings. The van der Waals surface area contributed by atoms with Crippen molar-refractivity contribution in [2.24, 2.45) is 0 Å². The van der Waals surface area contributed by atoms with E-state index < -0.39 is 0 Å². The number of nitrogens with zero attached hydrogens (tertiary/aromatic N) is 1. The van der Waals surface area contributed by atoms with Crippen molar-refractivity contribution in [3.8, 4) is 0 Å². The van der Waals surface area contributed by atoms with Crippen LogP contribution in [-0.2, 0) is 11.3 Å². The molecule has 0 unspecified atom stereocenters. The van der Waals surface area contributed by atoms with Crippen LogP contribution in [0.2, 0.25) is 5.02 Å². The summed E-state index contributed by atoms with van der Waals surface area (Å²) in [6.07, 6.45) is 0. The molecule has 0 fully saturated rings. The average molecular weight is 345 g/mol. The summed E-state index contributed by atoms with van der Waals surface area (Å²) in [6.45, 7) is 8.73. The van der Waals surface area contributed by atoms with Gasteiger partial charge in [0, 0.05) is 17.3 Å². The second-order valence-electron chi connectivity index (χ2n) is 6.48. The fraction of sp³-hybridized carbons (Fsp3) is 0.350. The summed E-state index contributed by atoms with van der Waals surface area (Å²) >= 11 is 5.91. The maximum atomic E-state index is 12.6. The molecule has 2 aromatic rings. The van der Waals surface area contributed by atoms with Gasteiger partial charge < -0.3 is 5.32 Å². The minimum atomic E-state index is -0.235. The lowest BCUT2D eigenvalue weighted by atomic mass is 10.0. The molecule has 0 aliphatic carbocycles. The van der Waals surface area contributed by atoms with Gasteiger partial charge in [0.15, 0.2) is 0 Å². The van der Waals surface area contributed by atoms with Crippen molar-refractivity contribution in [2.45, 2.75) is 40.3 Å². The molecule has 1 amide bonds. The second kappa shape index (κ2) is 7.82. The van der Waals surface area contributed by atoms with Crippen LogP contribution in [0.5, 0.6) is 0 Å². The molecule has 2 rings (SSSR count). The molecule has 128 valence electrons. The van der Waals surface area contributed by atoms with Crippen molar-refractivity contribution in [1.29, 1.82) is 0 Å². The highest BCUT2D eigenvalue weighted by Gasteiger charge is 2.19. The van der Waals surface area contributed by atoms with E-state index in [1.165, 1.54) is 5.56 Å². The third kappa shape index (κ3) is 4.59. The summed E-state index contributed by atoms with van der Waals surface area (Å²) in [5.74, 6) is 0.00140. The van der Waals surface area contributed by atoms with Crippen molar-refractivity contribution in [3.63, 3.8) is 0 Å². The monoisotopic (exact) mass is 344 g/mol. The summed E-state index contributed by atoms with van der Waals surface area (Å²) in [6, 6.07) is 11.6. The molecule has 1 atom stereocenters. The molecule has 3 nitrogen and oxygen atoms in total. The van der Waals surface area contributed by atoms with Crippen LogP contribution in [0, 0.1) is 20.8 Å². The van der Waals surface area contributed by atoms with Gasteiger partial charge in [-0.2, -0.15) is 0 Å². The van der Waals surface area contributed by atoms with Crippen molar-refractivity contribution in [3.05, 3.63) is 63.7 Å². The zero-order valence-electron chi connectivity index (χ0n) is 15.0. The van der Waals surface area contributed by atoms with Crippen molar-refractivity contribution >= 4 is 23.2 Å². The number of anilines is 1. The number of aryl methyl sites for hydroxylation is 3. The van der Waals surface area contributed by atoms with Crippen LogP contribution in [0.25, 0.3) is 0 Å². The second-order valence-corrected chi connectivity index (χ2v) is 6.92. The number of likely N-dealkylation sites (N-methyl/N-ethyl adjacent to an activating group) is 1. The van der Waals surface area contributed by atoms with Crippen LogP contribution in [0.15, 0.2) is 36.4 Å². The van der Waals surface area contributed by atoms with E-state index in [-0.39, 0.29) is 11.9 Å². The standard InChI is InChI=1S/C20H25ClN2O/c1-13-10-14(2)19(15(3)11-13)22-20(24)16(4)23(5)12-17-6-8-18(21)9-7-17/h6-11,16H,12H2,1-5H3,(H,22,24)/t16-/m1/s1. The Morgan fingerprint density at radius 2 is 1.67 bits per heavy atom. The zero-order valence-corrected chi connectivity index (χ0v) is 15.7. The Balaban J connectivity index is 2.05. The number of halogens is 1. The Hall–Kier alpha value is -1.84. The fourth-order valence-corrected chi connectivity index (χ4v) is 2.95. The van der Waals surface area contributed by atoms with Gasteiger partial charge in [0.25, 0.3) is 0 Å². The van der Waals surface area contributed by atoms with E-state index in [2.05, 4.69) is 24.4 Å². The normalized spacial score (nSPS) is 12.3. The molecule has 24 heavy (non-hydrogen) atoms. The summed E-state index contributed by atoms with van der Waals surface area (Å²) in [5.41, 5.74) is 5.43. The first-order valence-electron chi connectivity index (χ1n) is 8.11. The van der Waals surface area contributed by atoms with Gasteiger partial charge in [0.2, 0.25) is 5.91 Å². The smallest absolute Gasteiger partial charge is 0.241 e. The molecule has 2 aromatic carbocycles. The predicted octanol–water partition coefficient (Wildman–Crippen LogP) is 4.72. The number of carbonyl (C=O) groups is 1. The molecule has 0 radical (unpaired) electrons. The van der Waals surface area contributed by atoms with Crippen molar-refractivity contribution in [1.82, 2.24) is 4.90 Å². The number of hydrogen-bond donors (Lipinski definition) is 1. The van der Waals surface area contributed by atoms with Crippen molar-refractivity contribution in [2.75, 3.05) is 12.4 Å². The molecular weight excluding hydrogens is 320 g/mol. The quantitative estimate of drug-likeness (QED) is 0.850. The number of benzene rings is 2. The highest BCUT2D eigenvalue weighted by molar-refractivity contribution is 6.30. The zero-order chi connectivity index (χ0) is 17.9. The van der Waals surface area contributed by atoms with E-state index in [9.17, 15) is 4.79 Å². The largest absolute Gasteiger partial charge is 0.324 e. The molecular formula is C20H25ClN2O. The first-order valence-corrected chi connectivity index (χ1v) is 8.49. The van der Waals surface area contributed by atoms with E-state index in [0.717, 1.165) is 27.4 Å². The number of rotatable bonds is 5. The fourth-order valence-electron chi connectivity index (χ4n) is 2.82. The Bertz CT molecular complexity index is 702. The van der Waals surface area contributed by atoms with Gasteiger partial charge in [-0.1, -0.05) is 41.4 Å². The van der Waals surface area contributed by atoms with Crippen molar-refractivity contribution < 1.29 is 4.79 Å². The van der Waals surface area contributed by atoms with Gasteiger partial charge in [0.05, 0.1) is 6.04 Å². The molecule has 1 N–H and O–H groups in total. The summed E-state index contributed by atoms with van der Waals surface area (Å²) in [5, 5.41) is 3.80. The summed E-state index contributed by atoms with van der Waals surface area (Å²) < 4.78 is 0. The van der Waals surface area contributed by atoms with Gasteiger partial charge in [-0.05, 0) is 63.6 Å². The van der Waals surface area contributed by atoms with Crippen LogP contribution >= 0.6 is 11.6 Å². The molecule has 0 heterocycles. The number of nitrogens with one attached hydrogen (secondary N) is 1. The average Bonchev–Trinajstić information content (AvgIpc) is 2.52. The SMILES string of the molecule is Cc1cc(C)c(NC(=O)[C@@H](C)N(C)Cc2ccc(Cl)cc2)c(C)c1. The van der Waals surface area contributed by atoms with E-state index in [0.29, 0.717) is 6.54 Å². The van der Waals surface area contributed by atoms with E-state index in [1.54, 1.807) is 0 Å². The van der Waals surface area contributed by atoms with E-state index in [4.69, 9.17) is 11.6 Å². The van der Waals surface area contributed by atoms with Crippen LogP contribution in [0.4, 0.5) is 5.69 Å². The van der Waals surface area contributed by atoms with Crippen LogP contribution in [0.3, 0.4) is 0 Å². The molecule has 0 saturated heterocycles. The molecule has 0 saturated carbocycles. The first-order chi connectivity index (χ1) is 11.3. The van der Waals surface area contributed by atoms with Gasteiger partial charge in [-0.15, -0.1) is 0 Å². The Kier molecular flexibility index (Phi) is 6.03. The van der Waals surface area contributed by atoms with Crippen LogP contribution in [0.1, 0.15) is 29.2 Å².